The molecule has 5 nitrogen and oxygen atoms in total. The minimum absolute atomic E-state index is 0.0737. The third-order valence-electron chi connectivity index (χ3n) is 5.36. The van der Waals surface area contributed by atoms with Gasteiger partial charge in [0, 0.05) is 32.6 Å². The molecule has 1 spiro atoms. The van der Waals surface area contributed by atoms with Crippen LogP contribution < -0.4 is 4.74 Å². The van der Waals surface area contributed by atoms with Gasteiger partial charge < -0.3 is 14.5 Å². The highest BCUT2D eigenvalue weighted by molar-refractivity contribution is 5.86. The highest BCUT2D eigenvalue weighted by Crippen LogP contribution is 2.40. The van der Waals surface area contributed by atoms with E-state index in [1.165, 1.54) is 0 Å². The molecule has 1 atom stereocenters. The summed E-state index contributed by atoms with van der Waals surface area (Å²) in [4.78, 5) is 29.1. The number of carbonyl (C=O) groups is 2. The number of nitrogens with zero attached hydrogens (tertiary/aromatic N) is 2. The van der Waals surface area contributed by atoms with Gasteiger partial charge in [0.25, 0.3) is 0 Å². The standard InChI is InChI=1S/C20H26N2O3/c1-3-6-18(23)22-12-10-20(15-22)9-5-11-21(19(20)24)14-16-7-4-8-17(13-16)25-2/h3-4,7-8,13H,1,5-6,9-12,14-15H2,2H3. The minimum Gasteiger partial charge on any atom is -0.497 e. The first-order chi connectivity index (χ1) is 12.1. The second-order valence-electron chi connectivity index (χ2n) is 7.02. The molecular weight excluding hydrogens is 316 g/mol. The molecule has 0 saturated carbocycles. The molecule has 0 bridgehead atoms. The van der Waals surface area contributed by atoms with E-state index in [0.29, 0.717) is 26.1 Å². The Labute approximate surface area is 149 Å². The fourth-order valence-electron chi connectivity index (χ4n) is 4.01. The van der Waals surface area contributed by atoms with Crippen LogP contribution in [-0.2, 0) is 16.1 Å². The fourth-order valence-corrected chi connectivity index (χ4v) is 4.01. The molecule has 134 valence electrons. The molecule has 1 aromatic rings. The molecule has 0 aliphatic carbocycles. The lowest BCUT2D eigenvalue weighted by atomic mass is 9.78. The number of benzene rings is 1. The molecule has 1 unspecified atom stereocenters. The Morgan fingerprint density at radius 3 is 2.96 bits per heavy atom. The van der Waals surface area contributed by atoms with Crippen molar-refractivity contribution in [3.63, 3.8) is 0 Å². The van der Waals surface area contributed by atoms with Gasteiger partial charge in [-0.25, -0.2) is 0 Å². The average molecular weight is 342 g/mol. The quantitative estimate of drug-likeness (QED) is 0.773. The second kappa shape index (κ2) is 7.30. The van der Waals surface area contributed by atoms with Gasteiger partial charge in [0.2, 0.25) is 11.8 Å². The predicted octanol–water partition coefficient (Wildman–Crippen LogP) is 2.61. The Hall–Kier alpha value is -2.30. The third-order valence-corrected chi connectivity index (χ3v) is 5.36. The van der Waals surface area contributed by atoms with E-state index in [4.69, 9.17) is 4.74 Å². The van der Waals surface area contributed by atoms with Crippen LogP contribution in [0.4, 0.5) is 0 Å². The lowest BCUT2D eigenvalue weighted by Crippen LogP contribution is -2.50. The molecule has 2 amide bonds. The predicted molar refractivity (Wildman–Crippen MR) is 96.1 cm³/mol. The number of likely N-dealkylation sites (tertiary alicyclic amines) is 2. The zero-order valence-corrected chi connectivity index (χ0v) is 14.9. The van der Waals surface area contributed by atoms with Gasteiger partial charge >= 0.3 is 0 Å². The van der Waals surface area contributed by atoms with Crippen molar-refractivity contribution in [1.82, 2.24) is 9.80 Å². The SMILES string of the molecule is C=CCC(=O)N1CCC2(CCCN(Cc3cccc(OC)c3)C2=O)C1. The van der Waals surface area contributed by atoms with Crippen LogP contribution in [0.2, 0.25) is 0 Å². The van der Waals surface area contributed by atoms with Crippen LogP contribution in [0.1, 0.15) is 31.2 Å². The molecule has 0 radical (unpaired) electrons. The molecule has 25 heavy (non-hydrogen) atoms. The molecular formula is C20H26N2O3. The molecule has 5 heteroatoms. The third kappa shape index (κ3) is 3.55. The van der Waals surface area contributed by atoms with Crippen molar-refractivity contribution >= 4 is 11.8 Å². The maximum Gasteiger partial charge on any atom is 0.230 e. The molecule has 0 aromatic heterocycles. The lowest BCUT2D eigenvalue weighted by molar-refractivity contribution is -0.146. The van der Waals surface area contributed by atoms with E-state index in [1.807, 2.05) is 34.1 Å². The molecule has 0 N–H and O–H groups in total. The van der Waals surface area contributed by atoms with Crippen molar-refractivity contribution in [2.24, 2.45) is 5.41 Å². The van der Waals surface area contributed by atoms with E-state index in [9.17, 15) is 9.59 Å². The zero-order valence-electron chi connectivity index (χ0n) is 14.9. The second-order valence-corrected chi connectivity index (χ2v) is 7.02. The number of hydrogen-bond acceptors (Lipinski definition) is 3. The molecule has 2 heterocycles. The normalized spacial score (nSPS) is 23.2. The van der Waals surface area contributed by atoms with Crippen LogP contribution in [-0.4, -0.2) is 48.4 Å². The van der Waals surface area contributed by atoms with Crippen molar-refractivity contribution in [1.29, 1.82) is 0 Å². The summed E-state index contributed by atoms with van der Waals surface area (Å²) in [6, 6.07) is 7.85. The number of piperidine rings is 1. The number of methoxy groups -OCH3 is 1. The van der Waals surface area contributed by atoms with Gasteiger partial charge in [-0.15, -0.1) is 6.58 Å². The van der Waals surface area contributed by atoms with Crippen LogP contribution >= 0.6 is 0 Å². The Kier molecular flexibility index (Phi) is 5.11. The van der Waals surface area contributed by atoms with Crippen LogP contribution in [0.15, 0.2) is 36.9 Å². The van der Waals surface area contributed by atoms with Crippen molar-refractivity contribution in [3.05, 3.63) is 42.5 Å². The first kappa shape index (κ1) is 17.5. The monoisotopic (exact) mass is 342 g/mol. The van der Waals surface area contributed by atoms with Gasteiger partial charge in [-0.1, -0.05) is 18.2 Å². The van der Waals surface area contributed by atoms with E-state index in [1.54, 1.807) is 13.2 Å². The molecule has 2 saturated heterocycles. The van der Waals surface area contributed by atoms with Gasteiger partial charge in [0.05, 0.1) is 12.5 Å². The number of carbonyl (C=O) groups excluding carboxylic acids is 2. The lowest BCUT2D eigenvalue weighted by Gasteiger charge is -2.39. The van der Waals surface area contributed by atoms with Crippen molar-refractivity contribution < 1.29 is 14.3 Å². The van der Waals surface area contributed by atoms with Crippen LogP contribution in [0, 0.1) is 5.41 Å². The summed E-state index contributed by atoms with van der Waals surface area (Å²) >= 11 is 0. The maximum atomic E-state index is 13.2. The summed E-state index contributed by atoms with van der Waals surface area (Å²) in [6.45, 7) is 6.22. The number of amides is 2. The van der Waals surface area contributed by atoms with Crippen LogP contribution in [0.3, 0.4) is 0 Å². The van der Waals surface area contributed by atoms with Gasteiger partial charge in [0.15, 0.2) is 0 Å². The molecule has 2 aliphatic heterocycles. The minimum atomic E-state index is -0.395. The zero-order chi connectivity index (χ0) is 17.9. The summed E-state index contributed by atoms with van der Waals surface area (Å²) in [5.41, 5.74) is 0.677. The van der Waals surface area contributed by atoms with Gasteiger partial charge in [-0.3, -0.25) is 9.59 Å². The van der Waals surface area contributed by atoms with E-state index in [-0.39, 0.29) is 11.8 Å². The Morgan fingerprint density at radius 1 is 1.36 bits per heavy atom. The van der Waals surface area contributed by atoms with E-state index in [2.05, 4.69) is 6.58 Å². The molecule has 2 aliphatic rings. The van der Waals surface area contributed by atoms with Gasteiger partial charge in [0.1, 0.15) is 5.75 Å². The van der Waals surface area contributed by atoms with E-state index >= 15 is 0 Å². The topological polar surface area (TPSA) is 49.9 Å². The van der Waals surface area contributed by atoms with Gasteiger partial charge in [-0.2, -0.15) is 0 Å². The maximum absolute atomic E-state index is 13.2. The summed E-state index contributed by atoms with van der Waals surface area (Å²) in [5.74, 6) is 1.07. The Balaban J connectivity index is 1.71. The van der Waals surface area contributed by atoms with Gasteiger partial charge in [-0.05, 0) is 37.0 Å². The highest BCUT2D eigenvalue weighted by atomic mass is 16.5. The Bertz CT molecular complexity index is 673. The van der Waals surface area contributed by atoms with Crippen molar-refractivity contribution in [3.8, 4) is 5.75 Å². The average Bonchev–Trinajstić information content (AvgIpc) is 3.05. The number of ether oxygens (including phenoxy) is 1. The summed E-state index contributed by atoms with van der Waals surface area (Å²) in [5, 5.41) is 0. The molecule has 2 fully saturated rings. The summed E-state index contributed by atoms with van der Waals surface area (Å²) < 4.78 is 5.27. The highest BCUT2D eigenvalue weighted by Gasteiger charge is 2.49. The number of rotatable bonds is 5. The van der Waals surface area contributed by atoms with E-state index < -0.39 is 5.41 Å². The Morgan fingerprint density at radius 2 is 2.20 bits per heavy atom. The number of hydrogen-bond donors (Lipinski definition) is 0. The van der Waals surface area contributed by atoms with Crippen LogP contribution in [0.5, 0.6) is 5.75 Å². The fraction of sp³-hybridized carbons (Fsp3) is 0.500. The molecule has 1 aromatic carbocycles. The van der Waals surface area contributed by atoms with Crippen molar-refractivity contribution in [2.45, 2.75) is 32.2 Å². The first-order valence-corrected chi connectivity index (χ1v) is 8.89. The summed E-state index contributed by atoms with van der Waals surface area (Å²) in [6.07, 6.45) is 4.60. The molecule has 3 rings (SSSR count). The van der Waals surface area contributed by atoms with E-state index in [0.717, 1.165) is 37.1 Å². The largest absolute Gasteiger partial charge is 0.497 e. The first-order valence-electron chi connectivity index (χ1n) is 8.89. The van der Waals surface area contributed by atoms with Crippen LogP contribution in [0.25, 0.3) is 0 Å². The van der Waals surface area contributed by atoms with Crippen molar-refractivity contribution in [2.75, 3.05) is 26.7 Å². The smallest absolute Gasteiger partial charge is 0.230 e. The summed E-state index contributed by atoms with van der Waals surface area (Å²) in [7, 11) is 1.65.